The van der Waals surface area contributed by atoms with Gasteiger partial charge in [-0.15, -0.1) is 0 Å². The standard InChI is InChI=1S/C27H37NO3/c1-5-27(3)19-24(16-18-31-27)26(23-11-13-25(30-4)14-12-23)15-17-28(21(2)29)20-22-9-7-6-8-10-22/h6-14,24,26H,5,15-20H2,1-4H3/t24-,26-,27+/m0/s1. The van der Waals surface area contributed by atoms with Crippen molar-refractivity contribution in [2.45, 2.75) is 64.5 Å². The first-order chi connectivity index (χ1) is 14.9. The fraction of sp³-hybridized carbons (Fsp3) is 0.519. The van der Waals surface area contributed by atoms with Gasteiger partial charge in [0.25, 0.3) is 0 Å². The van der Waals surface area contributed by atoms with E-state index in [2.05, 4.69) is 38.1 Å². The molecule has 0 aliphatic carbocycles. The first kappa shape index (κ1) is 23.3. The van der Waals surface area contributed by atoms with E-state index in [9.17, 15) is 4.79 Å². The molecule has 1 heterocycles. The molecule has 4 heteroatoms. The number of ether oxygens (including phenoxy) is 2. The molecule has 1 saturated heterocycles. The minimum atomic E-state index is -0.0576. The molecule has 31 heavy (non-hydrogen) atoms. The maximum atomic E-state index is 12.4. The van der Waals surface area contributed by atoms with Gasteiger partial charge in [0.15, 0.2) is 0 Å². The van der Waals surface area contributed by atoms with E-state index in [1.54, 1.807) is 14.0 Å². The molecule has 0 radical (unpaired) electrons. The lowest BCUT2D eigenvalue weighted by atomic mass is 9.74. The highest BCUT2D eigenvalue weighted by Crippen LogP contribution is 2.41. The van der Waals surface area contributed by atoms with Crippen molar-refractivity contribution in [3.05, 3.63) is 65.7 Å². The van der Waals surface area contributed by atoms with Crippen LogP contribution < -0.4 is 4.74 Å². The first-order valence-corrected chi connectivity index (χ1v) is 11.5. The molecular weight excluding hydrogens is 386 g/mol. The van der Waals surface area contributed by atoms with Crippen molar-refractivity contribution >= 4 is 5.91 Å². The Balaban J connectivity index is 1.78. The topological polar surface area (TPSA) is 38.8 Å². The molecule has 0 aromatic heterocycles. The van der Waals surface area contributed by atoms with Crippen LogP contribution in [0.2, 0.25) is 0 Å². The van der Waals surface area contributed by atoms with Gasteiger partial charge in [0.05, 0.1) is 12.7 Å². The molecule has 4 nitrogen and oxygen atoms in total. The summed E-state index contributed by atoms with van der Waals surface area (Å²) >= 11 is 0. The quantitative estimate of drug-likeness (QED) is 0.511. The van der Waals surface area contributed by atoms with Crippen LogP contribution in [0.1, 0.15) is 63.5 Å². The first-order valence-electron chi connectivity index (χ1n) is 11.5. The highest BCUT2D eigenvalue weighted by Gasteiger charge is 2.36. The molecule has 3 atom stereocenters. The van der Waals surface area contributed by atoms with Crippen LogP contribution in [0, 0.1) is 5.92 Å². The Bertz CT molecular complexity index is 820. The van der Waals surface area contributed by atoms with Gasteiger partial charge in [-0.1, -0.05) is 49.4 Å². The van der Waals surface area contributed by atoms with E-state index < -0.39 is 0 Å². The molecule has 1 amide bonds. The zero-order chi connectivity index (χ0) is 22.3. The molecule has 0 unspecified atom stereocenters. The summed E-state index contributed by atoms with van der Waals surface area (Å²) in [6.45, 7) is 8.34. The number of nitrogens with zero attached hydrogens (tertiary/aromatic N) is 1. The Kier molecular flexibility index (Phi) is 8.14. The summed E-state index contributed by atoms with van der Waals surface area (Å²) < 4.78 is 11.5. The van der Waals surface area contributed by atoms with Gasteiger partial charge in [-0.25, -0.2) is 0 Å². The van der Waals surface area contributed by atoms with Crippen LogP contribution >= 0.6 is 0 Å². The number of benzene rings is 2. The summed E-state index contributed by atoms with van der Waals surface area (Å²) in [6.07, 6.45) is 4.08. The van der Waals surface area contributed by atoms with Crippen LogP contribution in [-0.4, -0.2) is 36.7 Å². The molecule has 3 rings (SSSR count). The van der Waals surface area contributed by atoms with E-state index >= 15 is 0 Å². The fourth-order valence-corrected chi connectivity index (χ4v) is 4.73. The van der Waals surface area contributed by atoms with E-state index in [0.29, 0.717) is 18.4 Å². The number of carbonyl (C=O) groups excluding carboxylic acids is 1. The number of amides is 1. The molecule has 1 fully saturated rings. The Labute approximate surface area is 187 Å². The van der Waals surface area contributed by atoms with E-state index in [-0.39, 0.29) is 11.5 Å². The van der Waals surface area contributed by atoms with Gasteiger partial charge in [0.1, 0.15) is 5.75 Å². The minimum absolute atomic E-state index is 0.0576. The van der Waals surface area contributed by atoms with Gasteiger partial charge < -0.3 is 14.4 Å². The van der Waals surface area contributed by atoms with Gasteiger partial charge >= 0.3 is 0 Å². The van der Waals surface area contributed by atoms with Crippen molar-refractivity contribution in [3.63, 3.8) is 0 Å². The van der Waals surface area contributed by atoms with Crippen LogP contribution in [-0.2, 0) is 16.1 Å². The van der Waals surface area contributed by atoms with Crippen molar-refractivity contribution < 1.29 is 14.3 Å². The van der Waals surface area contributed by atoms with E-state index in [0.717, 1.165) is 44.6 Å². The van der Waals surface area contributed by atoms with Crippen molar-refractivity contribution in [2.24, 2.45) is 5.92 Å². The Hall–Kier alpha value is -2.33. The number of carbonyl (C=O) groups is 1. The Morgan fingerprint density at radius 2 is 1.90 bits per heavy atom. The normalized spacial score (nSPS) is 22.0. The van der Waals surface area contributed by atoms with Crippen LogP contribution in [0.25, 0.3) is 0 Å². The summed E-state index contributed by atoms with van der Waals surface area (Å²) in [4.78, 5) is 14.4. The monoisotopic (exact) mass is 423 g/mol. The maximum Gasteiger partial charge on any atom is 0.219 e. The molecule has 168 valence electrons. The molecule has 1 aliphatic heterocycles. The van der Waals surface area contributed by atoms with Crippen LogP contribution in [0.3, 0.4) is 0 Å². The second-order valence-corrected chi connectivity index (χ2v) is 9.00. The predicted molar refractivity (Wildman–Crippen MR) is 125 cm³/mol. The third-order valence-corrected chi connectivity index (χ3v) is 6.87. The van der Waals surface area contributed by atoms with Crippen LogP contribution in [0.4, 0.5) is 0 Å². The summed E-state index contributed by atoms with van der Waals surface area (Å²) in [5.41, 5.74) is 2.44. The number of hydrogen-bond acceptors (Lipinski definition) is 3. The van der Waals surface area contributed by atoms with E-state index in [1.807, 2.05) is 35.2 Å². The average Bonchev–Trinajstić information content (AvgIpc) is 2.79. The Morgan fingerprint density at radius 1 is 1.19 bits per heavy atom. The zero-order valence-electron chi connectivity index (χ0n) is 19.5. The smallest absolute Gasteiger partial charge is 0.219 e. The van der Waals surface area contributed by atoms with Gasteiger partial charge in [-0.05, 0) is 67.7 Å². The molecule has 2 aromatic carbocycles. The summed E-state index contributed by atoms with van der Waals surface area (Å²) in [5, 5.41) is 0. The van der Waals surface area contributed by atoms with Crippen molar-refractivity contribution in [3.8, 4) is 5.75 Å². The van der Waals surface area contributed by atoms with Crippen molar-refractivity contribution in [2.75, 3.05) is 20.3 Å². The molecule has 1 aliphatic rings. The lowest BCUT2D eigenvalue weighted by Crippen LogP contribution is -2.39. The lowest BCUT2D eigenvalue weighted by Gasteiger charge is -2.41. The second kappa shape index (κ2) is 10.8. The fourth-order valence-electron chi connectivity index (χ4n) is 4.73. The summed E-state index contributed by atoms with van der Waals surface area (Å²) in [6, 6.07) is 18.7. The van der Waals surface area contributed by atoms with Crippen LogP contribution in [0.15, 0.2) is 54.6 Å². The molecule has 0 bridgehead atoms. The minimum Gasteiger partial charge on any atom is -0.497 e. The van der Waals surface area contributed by atoms with Gasteiger partial charge in [0, 0.05) is 26.6 Å². The zero-order valence-corrected chi connectivity index (χ0v) is 19.5. The molecule has 2 aromatic rings. The number of hydrogen-bond donors (Lipinski definition) is 0. The third-order valence-electron chi connectivity index (χ3n) is 6.87. The lowest BCUT2D eigenvalue weighted by molar-refractivity contribution is -0.129. The third kappa shape index (κ3) is 6.33. The molecular formula is C27H37NO3. The van der Waals surface area contributed by atoms with Crippen molar-refractivity contribution in [1.29, 1.82) is 0 Å². The number of methoxy groups -OCH3 is 1. The highest BCUT2D eigenvalue weighted by molar-refractivity contribution is 5.73. The second-order valence-electron chi connectivity index (χ2n) is 9.00. The Morgan fingerprint density at radius 3 is 2.52 bits per heavy atom. The molecule has 0 saturated carbocycles. The van der Waals surface area contributed by atoms with Crippen molar-refractivity contribution in [1.82, 2.24) is 4.90 Å². The summed E-state index contributed by atoms with van der Waals surface area (Å²) in [7, 11) is 1.70. The van der Waals surface area contributed by atoms with Crippen LogP contribution in [0.5, 0.6) is 5.75 Å². The van der Waals surface area contributed by atoms with Gasteiger partial charge in [0.2, 0.25) is 5.91 Å². The molecule has 0 N–H and O–H groups in total. The average molecular weight is 424 g/mol. The maximum absolute atomic E-state index is 12.4. The molecule has 0 spiro atoms. The number of rotatable bonds is 9. The SMILES string of the molecule is CC[C@]1(C)C[C@@H]([C@@H](CCN(Cc2ccccc2)C(C)=O)c2ccc(OC)cc2)CCO1. The van der Waals surface area contributed by atoms with Gasteiger partial charge in [-0.2, -0.15) is 0 Å². The van der Waals surface area contributed by atoms with E-state index in [4.69, 9.17) is 9.47 Å². The highest BCUT2D eigenvalue weighted by atomic mass is 16.5. The predicted octanol–water partition coefficient (Wildman–Crippen LogP) is 5.81. The van der Waals surface area contributed by atoms with E-state index in [1.165, 1.54) is 11.1 Å². The largest absolute Gasteiger partial charge is 0.497 e. The summed E-state index contributed by atoms with van der Waals surface area (Å²) in [5.74, 6) is 1.93. The van der Waals surface area contributed by atoms with Gasteiger partial charge in [-0.3, -0.25) is 4.79 Å².